The van der Waals surface area contributed by atoms with Gasteiger partial charge in [0, 0.05) is 36.8 Å². The van der Waals surface area contributed by atoms with Crippen LogP contribution in [0.15, 0.2) is 53.1 Å². The molecule has 1 aliphatic heterocycles. The Morgan fingerprint density at radius 2 is 1.84 bits per heavy atom. The molecule has 1 saturated heterocycles. The summed E-state index contributed by atoms with van der Waals surface area (Å²) in [6.07, 6.45) is 1.02. The molecular formula is C25H28N4O3. The van der Waals surface area contributed by atoms with Crippen LogP contribution in [0.1, 0.15) is 41.2 Å². The molecule has 0 aliphatic carbocycles. The van der Waals surface area contributed by atoms with Crippen LogP contribution in [-0.2, 0) is 17.6 Å². The minimum atomic E-state index is -0.0705. The van der Waals surface area contributed by atoms with Crippen LogP contribution >= 0.6 is 0 Å². The number of hydrogen-bond donors (Lipinski definition) is 0. The average molecular weight is 433 g/mol. The van der Waals surface area contributed by atoms with Gasteiger partial charge in [0.2, 0.25) is 5.91 Å². The predicted octanol–water partition coefficient (Wildman–Crippen LogP) is 3.52. The molecule has 0 radical (unpaired) electrons. The zero-order valence-electron chi connectivity index (χ0n) is 18.7. The summed E-state index contributed by atoms with van der Waals surface area (Å²) >= 11 is 0. The highest BCUT2D eigenvalue weighted by atomic mass is 16.5. The van der Waals surface area contributed by atoms with Gasteiger partial charge >= 0.3 is 0 Å². The number of nitrogens with zero attached hydrogens (tertiary/aromatic N) is 4. The fraction of sp³-hybridized carbons (Fsp3) is 0.360. The Balaban J connectivity index is 1.36. The van der Waals surface area contributed by atoms with E-state index in [0.717, 1.165) is 17.5 Å². The molecule has 1 aromatic heterocycles. The second-order valence-electron chi connectivity index (χ2n) is 8.25. The highest BCUT2D eigenvalue weighted by molar-refractivity contribution is 5.94. The smallest absolute Gasteiger partial charge is 0.258 e. The van der Waals surface area contributed by atoms with E-state index in [9.17, 15) is 9.59 Å². The Morgan fingerprint density at radius 3 is 2.53 bits per heavy atom. The lowest BCUT2D eigenvalue weighted by molar-refractivity contribution is -0.133. The molecular weight excluding hydrogens is 404 g/mol. The first-order valence-corrected chi connectivity index (χ1v) is 11.0. The van der Waals surface area contributed by atoms with Gasteiger partial charge in [-0.15, -0.1) is 0 Å². The number of carbonyl (C=O) groups excluding carboxylic acids is 2. The fourth-order valence-electron chi connectivity index (χ4n) is 4.03. The van der Waals surface area contributed by atoms with Crippen molar-refractivity contribution in [2.45, 2.75) is 39.7 Å². The lowest BCUT2D eigenvalue weighted by Gasteiger charge is -2.40. The van der Waals surface area contributed by atoms with Crippen molar-refractivity contribution in [2.24, 2.45) is 0 Å². The third-order valence-electron chi connectivity index (χ3n) is 6.00. The molecule has 2 aromatic carbocycles. The van der Waals surface area contributed by atoms with Crippen LogP contribution in [0.5, 0.6) is 0 Å². The van der Waals surface area contributed by atoms with Crippen molar-refractivity contribution >= 4 is 11.8 Å². The van der Waals surface area contributed by atoms with Gasteiger partial charge in [0.25, 0.3) is 11.8 Å². The molecule has 2 amide bonds. The van der Waals surface area contributed by atoms with Crippen LogP contribution < -0.4 is 0 Å². The van der Waals surface area contributed by atoms with E-state index < -0.39 is 0 Å². The second kappa shape index (κ2) is 9.34. The number of rotatable bonds is 5. The molecule has 32 heavy (non-hydrogen) atoms. The predicted molar refractivity (Wildman–Crippen MR) is 121 cm³/mol. The van der Waals surface area contributed by atoms with Crippen molar-refractivity contribution in [3.63, 3.8) is 0 Å². The lowest BCUT2D eigenvalue weighted by atomic mass is 10.1. The highest BCUT2D eigenvalue weighted by Gasteiger charge is 2.30. The van der Waals surface area contributed by atoms with Crippen LogP contribution in [0.4, 0.5) is 0 Å². The molecule has 0 saturated carbocycles. The largest absolute Gasteiger partial charge is 0.338 e. The summed E-state index contributed by atoms with van der Waals surface area (Å²) in [6.45, 7) is 7.52. The van der Waals surface area contributed by atoms with Crippen molar-refractivity contribution in [3.8, 4) is 11.5 Å². The Kier molecular flexibility index (Phi) is 6.35. The summed E-state index contributed by atoms with van der Waals surface area (Å²) in [5.74, 6) is 0.737. The standard InChI is InChI=1S/C25H28N4O3/c1-4-19-9-11-20(12-10-19)25(31)29-14-13-28(16-18(29)3)23(30)15-22-26-24(32-27-22)21-8-6-5-7-17(21)2/h5-12,18H,4,13-16H2,1-3H3. The Hall–Kier alpha value is -3.48. The van der Waals surface area contributed by atoms with Gasteiger partial charge in [-0.25, -0.2) is 0 Å². The van der Waals surface area contributed by atoms with Crippen LogP contribution in [0, 0.1) is 6.92 Å². The second-order valence-corrected chi connectivity index (χ2v) is 8.25. The van der Waals surface area contributed by atoms with Crippen molar-refractivity contribution in [3.05, 3.63) is 71.0 Å². The molecule has 3 aromatic rings. The zero-order chi connectivity index (χ0) is 22.7. The van der Waals surface area contributed by atoms with E-state index in [1.54, 1.807) is 4.90 Å². The summed E-state index contributed by atoms with van der Waals surface area (Å²) in [7, 11) is 0. The molecule has 1 aliphatic rings. The van der Waals surface area contributed by atoms with Crippen LogP contribution in [0.25, 0.3) is 11.5 Å². The van der Waals surface area contributed by atoms with Crippen molar-refractivity contribution in [1.82, 2.24) is 19.9 Å². The fourth-order valence-corrected chi connectivity index (χ4v) is 4.03. The Morgan fingerprint density at radius 1 is 1.09 bits per heavy atom. The molecule has 1 atom stereocenters. The normalized spacial score (nSPS) is 16.3. The van der Waals surface area contributed by atoms with Gasteiger partial charge in [-0.3, -0.25) is 9.59 Å². The maximum Gasteiger partial charge on any atom is 0.258 e. The summed E-state index contributed by atoms with van der Waals surface area (Å²) in [4.78, 5) is 33.8. The van der Waals surface area contributed by atoms with Crippen LogP contribution in [-0.4, -0.2) is 57.4 Å². The minimum Gasteiger partial charge on any atom is -0.338 e. The van der Waals surface area contributed by atoms with Crippen LogP contribution in [0.3, 0.4) is 0 Å². The lowest BCUT2D eigenvalue weighted by Crippen LogP contribution is -2.55. The first-order valence-electron chi connectivity index (χ1n) is 11.0. The maximum absolute atomic E-state index is 12.9. The van der Waals surface area contributed by atoms with Gasteiger partial charge in [0.1, 0.15) is 0 Å². The number of hydrogen-bond acceptors (Lipinski definition) is 5. The van der Waals surface area contributed by atoms with Gasteiger partial charge < -0.3 is 14.3 Å². The topological polar surface area (TPSA) is 79.5 Å². The van der Waals surface area contributed by atoms with Crippen molar-refractivity contribution in [1.29, 1.82) is 0 Å². The quantitative estimate of drug-likeness (QED) is 0.616. The third kappa shape index (κ3) is 4.56. The molecule has 166 valence electrons. The highest BCUT2D eigenvalue weighted by Crippen LogP contribution is 2.21. The minimum absolute atomic E-state index is 0.00768. The monoisotopic (exact) mass is 432 g/mol. The average Bonchev–Trinajstić information content (AvgIpc) is 3.27. The molecule has 7 heteroatoms. The number of aromatic nitrogens is 2. The molecule has 2 heterocycles. The van der Waals surface area contributed by atoms with E-state index in [2.05, 4.69) is 17.1 Å². The number of benzene rings is 2. The SMILES string of the molecule is CCc1ccc(C(=O)N2CCN(C(=O)Cc3noc(-c4ccccc4C)n3)CC2C)cc1. The molecule has 1 fully saturated rings. The van der Waals surface area contributed by atoms with Crippen LogP contribution in [0.2, 0.25) is 0 Å². The third-order valence-corrected chi connectivity index (χ3v) is 6.00. The Labute approximate surface area is 188 Å². The summed E-state index contributed by atoms with van der Waals surface area (Å²) in [5.41, 5.74) is 3.79. The summed E-state index contributed by atoms with van der Waals surface area (Å²) in [5, 5.41) is 3.99. The van der Waals surface area contributed by atoms with Crippen molar-refractivity contribution < 1.29 is 14.1 Å². The molecule has 0 N–H and O–H groups in total. The first kappa shape index (κ1) is 21.7. The number of amides is 2. The van der Waals surface area contributed by atoms with Gasteiger partial charge in [-0.05, 0) is 49.6 Å². The number of aryl methyl sites for hydroxylation is 2. The van der Waals surface area contributed by atoms with E-state index in [0.29, 0.717) is 36.9 Å². The Bertz CT molecular complexity index is 1110. The van der Waals surface area contributed by atoms with E-state index in [1.165, 1.54) is 5.56 Å². The molecule has 0 bridgehead atoms. The van der Waals surface area contributed by atoms with Gasteiger partial charge in [-0.1, -0.05) is 42.4 Å². The molecule has 1 unspecified atom stereocenters. The first-order chi connectivity index (χ1) is 15.5. The maximum atomic E-state index is 12.9. The number of piperazine rings is 1. The van der Waals surface area contributed by atoms with E-state index in [1.807, 2.05) is 67.3 Å². The van der Waals surface area contributed by atoms with E-state index in [-0.39, 0.29) is 24.3 Å². The molecule has 4 rings (SSSR count). The summed E-state index contributed by atoms with van der Waals surface area (Å²) < 4.78 is 5.37. The van der Waals surface area contributed by atoms with E-state index >= 15 is 0 Å². The molecule has 7 nitrogen and oxygen atoms in total. The zero-order valence-corrected chi connectivity index (χ0v) is 18.7. The summed E-state index contributed by atoms with van der Waals surface area (Å²) in [6, 6.07) is 15.4. The van der Waals surface area contributed by atoms with Gasteiger partial charge in [-0.2, -0.15) is 4.98 Å². The van der Waals surface area contributed by atoms with E-state index in [4.69, 9.17) is 4.52 Å². The van der Waals surface area contributed by atoms with Gasteiger partial charge in [0.05, 0.1) is 6.42 Å². The number of carbonyl (C=O) groups is 2. The molecule has 0 spiro atoms. The van der Waals surface area contributed by atoms with Crippen molar-refractivity contribution in [2.75, 3.05) is 19.6 Å². The van der Waals surface area contributed by atoms with Gasteiger partial charge in [0.15, 0.2) is 5.82 Å².